The Bertz CT molecular complexity index is 3400. The zero-order valence-corrected chi connectivity index (χ0v) is 34.5. The van der Waals surface area contributed by atoms with Gasteiger partial charge in [0, 0.05) is 55.7 Å². The molecule has 0 saturated heterocycles. The summed E-state index contributed by atoms with van der Waals surface area (Å²) in [6.45, 7) is 9.41. The summed E-state index contributed by atoms with van der Waals surface area (Å²) in [6, 6.07) is 65.3. The van der Waals surface area contributed by atoms with Gasteiger partial charge in [0.15, 0.2) is 0 Å². The Kier molecular flexibility index (Phi) is 8.04. The van der Waals surface area contributed by atoms with Crippen LogP contribution in [-0.2, 0) is 0 Å². The standard InChI is InChI=1S/C54H42N2O2Si/c1-35-15-11-12-20-46(35)55(40-16-7-5-8-17-40)42-25-23-36-31-44-50(33-38(36)29-42)57-48-27-28-49-54(53(44)48)45-32-37-24-26-43(30-39(37)34-51(45)58-49)56(41-18-9-6-10-19-41)47-21-13-14-22-52(47)59(2,3)4/h5-34H,1-4H3. The SMILES string of the molecule is Cc1ccccc1N(c1ccccc1)c1ccc2cc3c(cc2c1)oc1ccc2oc4cc5cc(N(c6ccccc6)c6ccccc6[Si](C)(C)C)ccc5cc4c2c13. The maximum Gasteiger partial charge on any atom is 0.136 e. The number of furan rings is 2. The number of aryl methyl sites for hydroxylation is 1. The summed E-state index contributed by atoms with van der Waals surface area (Å²) in [5, 5.41) is 10.3. The predicted molar refractivity (Wildman–Crippen MR) is 253 cm³/mol. The fraction of sp³-hybridized carbons (Fsp3) is 0.0741. The van der Waals surface area contributed by atoms with Gasteiger partial charge < -0.3 is 18.6 Å². The lowest BCUT2D eigenvalue weighted by Gasteiger charge is -2.31. The minimum absolute atomic E-state index is 0.853. The van der Waals surface area contributed by atoms with Crippen LogP contribution < -0.4 is 15.0 Å². The van der Waals surface area contributed by atoms with Gasteiger partial charge in [0.25, 0.3) is 0 Å². The molecule has 0 N–H and O–H groups in total. The molecule has 0 spiro atoms. The lowest BCUT2D eigenvalue weighted by Crippen LogP contribution is -2.40. The van der Waals surface area contributed by atoms with Crippen LogP contribution >= 0.6 is 0 Å². The number of hydrogen-bond acceptors (Lipinski definition) is 4. The van der Waals surface area contributed by atoms with Crippen LogP contribution in [0.4, 0.5) is 34.1 Å². The highest BCUT2D eigenvalue weighted by Gasteiger charge is 2.25. The summed E-state index contributed by atoms with van der Waals surface area (Å²) < 4.78 is 13.4. The van der Waals surface area contributed by atoms with E-state index in [-0.39, 0.29) is 0 Å². The van der Waals surface area contributed by atoms with Crippen LogP contribution in [0.5, 0.6) is 0 Å². The molecular weight excluding hydrogens is 737 g/mol. The largest absolute Gasteiger partial charge is 0.456 e. The molecular formula is C54H42N2O2Si. The number of rotatable bonds is 7. The Morgan fingerprint density at radius 1 is 0.373 bits per heavy atom. The predicted octanol–water partition coefficient (Wildman–Crippen LogP) is 15.6. The van der Waals surface area contributed by atoms with Crippen LogP contribution in [0, 0.1) is 6.92 Å². The van der Waals surface area contributed by atoms with Crippen molar-refractivity contribution in [3.8, 4) is 0 Å². The summed E-state index contributed by atoms with van der Waals surface area (Å²) in [6.07, 6.45) is 0. The second-order valence-electron chi connectivity index (χ2n) is 16.7. The van der Waals surface area contributed by atoms with E-state index < -0.39 is 8.07 Å². The fourth-order valence-electron chi connectivity index (χ4n) is 9.00. The Morgan fingerprint density at radius 3 is 1.34 bits per heavy atom. The van der Waals surface area contributed by atoms with Crippen molar-refractivity contribution in [2.75, 3.05) is 9.80 Å². The second kappa shape index (κ2) is 13.5. The van der Waals surface area contributed by atoms with Gasteiger partial charge in [-0.3, -0.25) is 0 Å². The normalized spacial score (nSPS) is 12.1. The summed E-state index contributed by atoms with van der Waals surface area (Å²) in [7, 11) is -1.67. The highest BCUT2D eigenvalue weighted by Crippen LogP contribution is 2.44. The number of nitrogens with zero attached hydrogens (tertiary/aromatic N) is 2. The molecule has 0 bridgehead atoms. The molecule has 4 nitrogen and oxygen atoms in total. The van der Waals surface area contributed by atoms with Gasteiger partial charge in [-0.2, -0.15) is 0 Å². The van der Waals surface area contributed by atoms with Crippen molar-refractivity contribution in [2.45, 2.75) is 26.6 Å². The summed E-state index contributed by atoms with van der Waals surface area (Å²) in [5.41, 5.74) is 11.5. The van der Waals surface area contributed by atoms with Gasteiger partial charge >= 0.3 is 0 Å². The van der Waals surface area contributed by atoms with E-state index in [0.717, 1.165) is 93.9 Å². The first-order valence-corrected chi connectivity index (χ1v) is 23.8. The maximum atomic E-state index is 6.69. The highest BCUT2D eigenvalue weighted by molar-refractivity contribution is 6.89. The third-order valence-corrected chi connectivity index (χ3v) is 13.8. The maximum absolute atomic E-state index is 6.69. The Labute approximate surface area is 344 Å². The van der Waals surface area contributed by atoms with E-state index >= 15 is 0 Å². The first-order valence-electron chi connectivity index (χ1n) is 20.3. The zero-order valence-electron chi connectivity index (χ0n) is 33.5. The van der Waals surface area contributed by atoms with E-state index in [2.05, 4.69) is 218 Å². The topological polar surface area (TPSA) is 32.8 Å². The molecule has 2 aromatic heterocycles. The van der Waals surface area contributed by atoms with Gasteiger partial charge in [0.2, 0.25) is 0 Å². The summed E-state index contributed by atoms with van der Waals surface area (Å²) >= 11 is 0. The lowest BCUT2D eigenvalue weighted by molar-refractivity contribution is 0.663. The summed E-state index contributed by atoms with van der Waals surface area (Å²) in [4.78, 5) is 4.74. The van der Waals surface area contributed by atoms with Crippen LogP contribution in [0.1, 0.15) is 5.56 Å². The highest BCUT2D eigenvalue weighted by atomic mass is 28.3. The molecule has 5 heteroatoms. The van der Waals surface area contributed by atoms with Crippen molar-refractivity contribution in [3.63, 3.8) is 0 Å². The molecule has 0 amide bonds. The first-order chi connectivity index (χ1) is 28.8. The van der Waals surface area contributed by atoms with Crippen molar-refractivity contribution in [3.05, 3.63) is 188 Å². The molecule has 59 heavy (non-hydrogen) atoms. The van der Waals surface area contributed by atoms with Crippen LogP contribution in [0.2, 0.25) is 19.6 Å². The number of fused-ring (bicyclic) bond motifs is 9. The van der Waals surface area contributed by atoms with E-state index in [9.17, 15) is 0 Å². The average molecular weight is 779 g/mol. The van der Waals surface area contributed by atoms with Gasteiger partial charge in [-0.15, -0.1) is 0 Å². The van der Waals surface area contributed by atoms with Crippen LogP contribution in [0.15, 0.2) is 191 Å². The minimum atomic E-state index is -1.67. The molecule has 0 radical (unpaired) electrons. The molecule has 9 aromatic carbocycles. The molecule has 0 fully saturated rings. The number of benzene rings is 9. The Balaban J connectivity index is 1.05. The van der Waals surface area contributed by atoms with Crippen LogP contribution in [0.3, 0.4) is 0 Å². The second-order valence-corrected chi connectivity index (χ2v) is 21.7. The molecule has 0 aliphatic heterocycles. The third-order valence-electron chi connectivity index (χ3n) is 11.8. The molecule has 11 rings (SSSR count). The lowest BCUT2D eigenvalue weighted by atomic mass is 10.0. The Morgan fingerprint density at radius 2 is 0.831 bits per heavy atom. The molecule has 284 valence electrons. The molecule has 0 aliphatic carbocycles. The summed E-state index contributed by atoms with van der Waals surface area (Å²) in [5.74, 6) is 0. The molecule has 2 heterocycles. The molecule has 11 aromatic rings. The Hall–Kier alpha value is -7.08. The van der Waals surface area contributed by atoms with Gasteiger partial charge in [0.1, 0.15) is 22.3 Å². The zero-order chi connectivity index (χ0) is 39.8. The third kappa shape index (κ3) is 5.88. The number of para-hydroxylation sites is 4. The van der Waals surface area contributed by atoms with E-state index in [0.29, 0.717) is 0 Å². The molecule has 0 aliphatic rings. The van der Waals surface area contributed by atoms with Crippen molar-refractivity contribution < 1.29 is 8.83 Å². The molecule has 0 atom stereocenters. The van der Waals surface area contributed by atoms with E-state index in [1.54, 1.807) is 0 Å². The van der Waals surface area contributed by atoms with Gasteiger partial charge in [-0.05, 0) is 136 Å². The van der Waals surface area contributed by atoms with Crippen LogP contribution in [0.25, 0.3) is 65.4 Å². The smallest absolute Gasteiger partial charge is 0.136 e. The molecule has 0 saturated carbocycles. The fourth-order valence-corrected chi connectivity index (χ4v) is 10.6. The number of hydrogen-bond donors (Lipinski definition) is 0. The average Bonchev–Trinajstić information content (AvgIpc) is 3.80. The van der Waals surface area contributed by atoms with Crippen molar-refractivity contribution >= 4 is 113 Å². The number of anilines is 6. The first kappa shape index (κ1) is 35.1. The van der Waals surface area contributed by atoms with E-state index in [4.69, 9.17) is 8.83 Å². The van der Waals surface area contributed by atoms with Crippen LogP contribution in [-0.4, -0.2) is 8.07 Å². The van der Waals surface area contributed by atoms with E-state index in [1.807, 2.05) is 0 Å². The molecule has 0 unspecified atom stereocenters. The minimum Gasteiger partial charge on any atom is -0.456 e. The van der Waals surface area contributed by atoms with Gasteiger partial charge in [0.05, 0.1) is 8.07 Å². The van der Waals surface area contributed by atoms with Gasteiger partial charge in [-0.1, -0.05) is 105 Å². The van der Waals surface area contributed by atoms with Crippen molar-refractivity contribution in [1.82, 2.24) is 0 Å². The van der Waals surface area contributed by atoms with E-state index in [1.165, 1.54) is 16.4 Å². The quantitative estimate of drug-likeness (QED) is 0.151. The van der Waals surface area contributed by atoms with Crippen molar-refractivity contribution in [2.24, 2.45) is 0 Å². The van der Waals surface area contributed by atoms with Crippen molar-refractivity contribution in [1.29, 1.82) is 0 Å². The van der Waals surface area contributed by atoms with Gasteiger partial charge in [-0.25, -0.2) is 0 Å². The monoisotopic (exact) mass is 778 g/mol.